The number of nitrogens with zero attached hydrogens (tertiary/aromatic N) is 2. The summed E-state index contributed by atoms with van der Waals surface area (Å²) in [6, 6.07) is 20.5. The van der Waals surface area contributed by atoms with Gasteiger partial charge in [-0.25, -0.2) is 8.42 Å². The van der Waals surface area contributed by atoms with E-state index in [-0.39, 0.29) is 28.8 Å². The highest BCUT2D eigenvalue weighted by molar-refractivity contribution is 7.92. The van der Waals surface area contributed by atoms with Crippen molar-refractivity contribution in [2.75, 3.05) is 25.0 Å². The molecule has 10 heteroatoms. The summed E-state index contributed by atoms with van der Waals surface area (Å²) in [7, 11) is -1.24. The minimum absolute atomic E-state index is 0.0244. The number of para-hydroxylation sites is 2. The summed E-state index contributed by atoms with van der Waals surface area (Å²) in [6.07, 6.45) is 0.332. The van der Waals surface area contributed by atoms with E-state index in [0.717, 1.165) is 9.87 Å². The Hall–Kier alpha value is -3.56. The van der Waals surface area contributed by atoms with Crippen LogP contribution in [0.3, 0.4) is 0 Å². The van der Waals surface area contributed by atoms with Crippen LogP contribution in [-0.4, -0.2) is 51.9 Å². The zero-order valence-electron chi connectivity index (χ0n) is 20.9. The Balaban J connectivity index is 2.08. The molecule has 1 N–H and O–H groups in total. The van der Waals surface area contributed by atoms with Crippen molar-refractivity contribution in [3.8, 4) is 5.75 Å². The molecule has 1 atom stereocenters. The molecule has 0 heterocycles. The number of carbonyl (C=O) groups excluding carboxylic acids is 2. The fourth-order valence-corrected chi connectivity index (χ4v) is 5.51. The van der Waals surface area contributed by atoms with Crippen molar-refractivity contribution in [2.45, 2.75) is 30.8 Å². The maximum Gasteiger partial charge on any atom is 0.264 e. The Morgan fingerprint density at radius 3 is 2.19 bits per heavy atom. The first kappa shape index (κ1) is 28.0. The molecular weight excluding hydrogens is 514 g/mol. The number of anilines is 1. The Kier molecular flexibility index (Phi) is 9.54. The fourth-order valence-electron chi connectivity index (χ4n) is 3.94. The molecule has 0 saturated carbocycles. The number of rotatable bonds is 11. The highest BCUT2D eigenvalue weighted by Gasteiger charge is 2.34. The van der Waals surface area contributed by atoms with Crippen LogP contribution in [0.4, 0.5) is 5.69 Å². The van der Waals surface area contributed by atoms with Gasteiger partial charge in [-0.15, -0.1) is 0 Å². The highest BCUT2D eigenvalue weighted by Crippen LogP contribution is 2.32. The second kappa shape index (κ2) is 12.6. The first-order chi connectivity index (χ1) is 17.7. The third kappa shape index (κ3) is 6.61. The summed E-state index contributed by atoms with van der Waals surface area (Å²) in [5, 5.41) is 3.14. The summed E-state index contributed by atoms with van der Waals surface area (Å²) < 4.78 is 34.0. The van der Waals surface area contributed by atoms with Gasteiger partial charge in [-0.3, -0.25) is 13.9 Å². The molecule has 3 aromatic carbocycles. The number of methoxy groups -OCH3 is 1. The van der Waals surface area contributed by atoms with Crippen LogP contribution in [0.5, 0.6) is 5.75 Å². The number of amides is 2. The molecule has 3 aromatic rings. The standard InChI is InChI=1S/C27H30ClN3O5S/c1-4-23(27(33)29-2)30(18-20-14-16-21(28)17-15-20)26(32)19-31(24-12-8-9-13-25(24)36-3)37(34,35)22-10-6-5-7-11-22/h5-17,23H,4,18-19H2,1-3H3,(H,29,33)/t23-/m1/s1. The number of likely N-dealkylation sites (N-methyl/N-ethyl adjacent to an activating group) is 1. The van der Waals surface area contributed by atoms with E-state index >= 15 is 0 Å². The lowest BCUT2D eigenvalue weighted by molar-refractivity contribution is -0.140. The third-order valence-corrected chi connectivity index (χ3v) is 7.89. The number of nitrogens with one attached hydrogen (secondary N) is 1. The largest absolute Gasteiger partial charge is 0.495 e. The average molecular weight is 544 g/mol. The number of hydrogen-bond donors (Lipinski definition) is 1. The summed E-state index contributed by atoms with van der Waals surface area (Å²) in [5.74, 6) is -0.604. The minimum atomic E-state index is -4.16. The Morgan fingerprint density at radius 2 is 1.59 bits per heavy atom. The fraction of sp³-hybridized carbons (Fsp3) is 0.259. The van der Waals surface area contributed by atoms with Crippen LogP contribution in [0.15, 0.2) is 83.8 Å². The quantitative estimate of drug-likeness (QED) is 0.393. The molecule has 37 heavy (non-hydrogen) atoms. The third-order valence-electron chi connectivity index (χ3n) is 5.86. The molecule has 0 radical (unpaired) electrons. The van der Waals surface area contributed by atoms with E-state index in [1.807, 2.05) is 0 Å². The molecule has 3 rings (SSSR count). The van der Waals surface area contributed by atoms with Gasteiger partial charge in [0.25, 0.3) is 10.0 Å². The van der Waals surface area contributed by atoms with Crippen molar-refractivity contribution in [1.29, 1.82) is 0 Å². The maximum atomic E-state index is 13.9. The van der Waals surface area contributed by atoms with E-state index in [2.05, 4.69) is 5.32 Å². The molecule has 0 saturated heterocycles. The predicted molar refractivity (Wildman–Crippen MR) is 144 cm³/mol. The van der Waals surface area contributed by atoms with Crippen LogP contribution in [0.25, 0.3) is 0 Å². The topological polar surface area (TPSA) is 96.0 Å². The molecule has 0 fully saturated rings. The summed E-state index contributed by atoms with van der Waals surface area (Å²) in [6.45, 7) is 1.34. The molecule has 0 aliphatic carbocycles. The second-order valence-corrected chi connectivity index (χ2v) is 10.5. The number of halogens is 1. The lowest BCUT2D eigenvalue weighted by Gasteiger charge is -2.33. The molecule has 0 aliphatic heterocycles. The molecule has 8 nitrogen and oxygen atoms in total. The molecule has 0 aliphatic rings. The van der Waals surface area contributed by atoms with Gasteiger partial charge in [0.15, 0.2) is 0 Å². The normalized spacial score (nSPS) is 11.9. The first-order valence-electron chi connectivity index (χ1n) is 11.7. The van der Waals surface area contributed by atoms with Gasteiger partial charge in [-0.2, -0.15) is 0 Å². The number of hydrogen-bond acceptors (Lipinski definition) is 5. The van der Waals surface area contributed by atoms with Crippen LogP contribution in [0, 0.1) is 0 Å². The van der Waals surface area contributed by atoms with Crippen LogP contribution in [-0.2, 0) is 26.2 Å². The van der Waals surface area contributed by atoms with Crippen LogP contribution >= 0.6 is 11.6 Å². The Bertz CT molecular complexity index is 1320. The summed E-state index contributed by atoms with van der Waals surface area (Å²) >= 11 is 6.02. The van der Waals surface area contributed by atoms with Crippen molar-refractivity contribution < 1.29 is 22.7 Å². The van der Waals surface area contributed by atoms with Crippen molar-refractivity contribution in [3.63, 3.8) is 0 Å². The van der Waals surface area contributed by atoms with E-state index in [9.17, 15) is 18.0 Å². The zero-order valence-corrected chi connectivity index (χ0v) is 22.5. The van der Waals surface area contributed by atoms with Gasteiger partial charge in [0.05, 0.1) is 17.7 Å². The van der Waals surface area contributed by atoms with Gasteiger partial charge in [0, 0.05) is 18.6 Å². The molecule has 0 aromatic heterocycles. The molecule has 0 unspecified atom stereocenters. The van der Waals surface area contributed by atoms with E-state index in [1.165, 1.54) is 31.2 Å². The molecule has 2 amide bonds. The van der Waals surface area contributed by atoms with Gasteiger partial charge >= 0.3 is 0 Å². The number of ether oxygens (including phenoxy) is 1. The Morgan fingerprint density at radius 1 is 0.973 bits per heavy atom. The molecular formula is C27H30ClN3O5S. The SMILES string of the molecule is CC[C@H](C(=O)NC)N(Cc1ccc(Cl)cc1)C(=O)CN(c1ccccc1OC)S(=O)(=O)c1ccccc1. The number of benzene rings is 3. The first-order valence-corrected chi connectivity index (χ1v) is 13.5. The smallest absolute Gasteiger partial charge is 0.264 e. The minimum Gasteiger partial charge on any atom is -0.495 e. The summed E-state index contributed by atoms with van der Waals surface area (Å²) in [5.41, 5.74) is 0.955. The molecule has 0 bridgehead atoms. The van der Waals surface area contributed by atoms with E-state index in [4.69, 9.17) is 16.3 Å². The van der Waals surface area contributed by atoms with Crippen LogP contribution < -0.4 is 14.4 Å². The van der Waals surface area contributed by atoms with E-state index in [0.29, 0.717) is 11.4 Å². The second-order valence-electron chi connectivity index (χ2n) is 8.18. The van der Waals surface area contributed by atoms with Crippen LogP contribution in [0.2, 0.25) is 5.02 Å². The van der Waals surface area contributed by atoms with Crippen molar-refractivity contribution in [2.24, 2.45) is 0 Å². The van der Waals surface area contributed by atoms with E-state index in [1.54, 1.807) is 73.7 Å². The number of sulfonamides is 1. The summed E-state index contributed by atoms with van der Waals surface area (Å²) in [4.78, 5) is 28.0. The Labute approximate surface area is 222 Å². The molecule has 196 valence electrons. The lowest BCUT2D eigenvalue weighted by Crippen LogP contribution is -2.51. The van der Waals surface area contributed by atoms with Gasteiger partial charge in [-0.1, -0.05) is 61.0 Å². The monoisotopic (exact) mass is 543 g/mol. The lowest BCUT2D eigenvalue weighted by atomic mass is 10.1. The zero-order chi connectivity index (χ0) is 27.0. The average Bonchev–Trinajstić information content (AvgIpc) is 2.92. The number of carbonyl (C=O) groups is 2. The van der Waals surface area contributed by atoms with Crippen molar-refractivity contribution in [3.05, 3.63) is 89.4 Å². The maximum absolute atomic E-state index is 13.9. The van der Waals surface area contributed by atoms with Gasteiger partial charge < -0.3 is 15.0 Å². The van der Waals surface area contributed by atoms with Crippen molar-refractivity contribution in [1.82, 2.24) is 10.2 Å². The molecule has 0 spiro atoms. The van der Waals surface area contributed by atoms with Crippen molar-refractivity contribution >= 4 is 39.1 Å². The van der Waals surface area contributed by atoms with E-state index < -0.39 is 28.5 Å². The van der Waals surface area contributed by atoms with Gasteiger partial charge in [-0.05, 0) is 48.4 Å². The van der Waals surface area contributed by atoms with Crippen LogP contribution in [0.1, 0.15) is 18.9 Å². The highest BCUT2D eigenvalue weighted by atomic mass is 35.5. The van der Waals surface area contributed by atoms with Gasteiger partial charge in [0.1, 0.15) is 18.3 Å². The predicted octanol–water partition coefficient (Wildman–Crippen LogP) is 4.10. The van der Waals surface area contributed by atoms with Gasteiger partial charge in [0.2, 0.25) is 11.8 Å².